The highest BCUT2D eigenvalue weighted by atomic mass is 32.1. The standard InChI is InChI=1S/C25H28FN5O3S/c1-17(31-13-2-3-14-31)11-12-27-23(32)18-5-4-6-20(15-18)28-24(33)25-30-29-22(35-25)16-34-21-9-7-19(26)8-10-21/h4-10,15,17H,2-3,11-14,16H2,1H3,(H,27,32)(H,28,33)/t17-/m0/s1. The van der Waals surface area contributed by atoms with Crippen LogP contribution in [0.2, 0.25) is 0 Å². The van der Waals surface area contributed by atoms with E-state index in [4.69, 9.17) is 4.74 Å². The Morgan fingerprint density at radius 1 is 1.11 bits per heavy atom. The van der Waals surface area contributed by atoms with Crippen LogP contribution in [0.3, 0.4) is 0 Å². The first-order chi connectivity index (χ1) is 17.0. The van der Waals surface area contributed by atoms with Gasteiger partial charge in [0.1, 0.15) is 18.2 Å². The molecule has 1 aliphatic rings. The summed E-state index contributed by atoms with van der Waals surface area (Å²) in [6, 6.07) is 12.9. The van der Waals surface area contributed by atoms with Gasteiger partial charge in [0, 0.05) is 23.8 Å². The number of aromatic nitrogens is 2. The normalized spacial score (nSPS) is 14.5. The lowest BCUT2D eigenvalue weighted by molar-refractivity contribution is 0.0948. The third-order valence-electron chi connectivity index (χ3n) is 5.83. The zero-order valence-corrected chi connectivity index (χ0v) is 20.3. The Hall–Kier alpha value is -3.37. The number of hydrogen-bond donors (Lipinski definition) is 2. The van der Waals surface area contributed by atoms with E-state index in [1.807, 2.05) is 0 Å². The zero-order valence-electron chi connectivity index (χ0n) is 19.5. The molecule has 2 aromatic carbocycles. The molecule has 1 saturated heterocycles. The molecular weight excluding hydrogens is 469 g/mol. The number of nitrogens with zero attached hydrogens (tertiary/aromatic N) is 3. The number of anilines is 1. The molecule has 0 radical (unpaired) electrons. The molecule has 2 heterocycles. The van der Waals surface area contributed by atoms with E-state index >= 15 is 0 Å². The maximum absolute atomic E-state index is 13.0. The monoisotopic (exact) mass is 497 g/mol. The average molecular weight is 498 g/mol. The molecule has 184 valence electrons. The van der Waals surface area contributed by atoms with E-state index in [1.54, 1.807) is 24.3 Å². The summed E-state index contributed by atoms with van der Waals surface area (Å²) in [5.41, 5.74) is 0.967. The molecule has 0 spiro atoms. The third-order valence-corrected chi connectivity index (χ3v) is 6.73. The van der Waals surface area contributed by atoms with E-state index in [0.717, 1.165) is 30.8 Å². The lowest BCUT2D eigenvalue weighted by Crippen LogP contribution is -2.34. The fourth-order valence-electron chi connectivity index (χ4n) is 3.86. The summed E-state index contributed by atoms with van der Waals surface area (Å²) in [4.78, 5) is 27.6. The molecule has 1 atom stereocenters. The molecule has 1 aliphatic heterocycles. The fourth-order valence-corrected chi connectivity index (χ4v) is 4.51. The van der Waals surface area contributed by atoms with Crippen LogP contribution in [0.15, 0.2) is 48.5 Å². The molecule has 2 amide bonds. The Balaban J connectivity index is 1.26. The van der Waals surface area contributed by atoms with Crippen molar-refractivity contribution in [3.63, 3.8) is 0 Å². The molecular formula is C25H28FN5O3S. The number of carbonyl (C=O) groups is 2. The summed E-state index contributed by atoms with van der Waals surface area (Å²) in [6.45, 7) is 5.17. The van der Waals surface area contributed by atoms with E-state index in [9.17, 15) is 14.0 Å². The first-order valence-corrected chi connectivity index (χ1v) is 12.4. The van der Waals surface area contributed by atoms with Crippen LogP contribution in [-0.4, -0.2) is 52.6 Å². The Kier molecular flexibility index (Phi) is 8.38. The predicted molar refractivity (Wildman–Crippen MR) is 132 cm³/mol. The molecule has 0 bridgehead atoms. The van der Waals surface area contributed by atoms with Gasteiger partial charge in [0.05, 0.1) is 0 Å². The number of benzene rings is 2. The average Bonchev–Trinajstić information content (AvgIpc) is 3.56. The highest BCUT2D eigenvalue weighted by molar-refractivity contribution is 7.13. The van der Waals surface area contributed by atoms with Crippen LogP contribution in [0.4, 0.5) is 10.1 Å². The zero-order chi connectivity index (χ0) is 24.6. The van der Waals surface area contributed by atoms with Gasteiger partial charge in [-0.25, -0.2) is 4.39 Å². The Morgan fingerprint density at radius 2 is 1.89 bits per heavy atom. The minimum Gasteiger partial charge on any atom is -0.486 e. The maximum atomic E-state index is 13.0. The Labute approximate surface area is 207 Å². The van der Waals surface area contributed by atoms with Crippen LogP contribution in [0.1, 0.15) is 51.4 Å². The summed E-state index contributed by atoms with van der Waals surface area (Å²) in [5.74, 6) is -0.451. The summed E-state index contributed by atoms with van der Waals surface area (Å²) in [6.07, 6.45) is 3.39. The number of hydrogen-bond acceptors (Lipinski definition) is 7. The second-order valence-corrected chi connectivity index (χ2v) is 9.48. The van der Waals surface area contributed by atoms with Gasteiger partial charge < -0.3 is 20.3 Å². The predicted octanol–water partition coefficient (Wildman–Crippen LogP) is 4.11. The molecule has 0 unspecified atom stereocenters. The largest absolute Gasteiger partial charge is 0.486 e. The molecule has 2 N–H and O–H groups in total. The third kappa shape index (κ3) is 7.06. The number of likely N-dealkylation sites (tertiary alicyclic amines) is 1. The molecule has 0 saturated carbocycles. The van der Waals surface area contributed by atoms with Crippen LogP contribution in [0.5, 0.6) is 5.75 Å². The number of rotatable bonds is 10. The van der Waals surface area contributed by atoms with Crippen molar-refractivity contribution in [2.45, 2.75) is 38.8 Å². The lowest BCUT2D eigenvalue weighted by atomic mass is 10.1. The van der Waals surface area contributed by atoms with Gasteiger partial charge in [-0.3, -0.25) is 9.59 Å². The van der Waals surface area contributed by atoms with E-state index in [-0.39, 0.29) is 23.3 Å². The van der Waals surface area contributed by atoms with E-state index in [2.05, 4.69) is 32.7 Å². The van der Waals surface area contributed by atoms with Crippen LogP contribution >= 0.6 is 11.3 Å². The number of nitrogens with one attached hydrogen (secondary N) is 2. The van der Waals surface area contributed by atoms with Crippen molar-refractivity contribution in [2.75, 3.05) is 25.0 Å². The Bertz CT molecular complexity index is 1150. The number of amides is 2. The van der Waals surface area contributed by atoms with Crippen molar-refractivity contribution < 1.29 is 18.7 Å². The van der Waals surface area contributed by atoms with Gasteiger partial charge >= 0.3 is 0 Å². The number of ether oxygens (including phenoxy) is 1. The topological polar surface area (TPSA) is 96.5 Å². The molecule has 1 fully saturated rings. The van der Waals surface area contributed by atoms with Gasteiger partial charge in [-0.15, -0.1) is 10.2 Å². The highest BCUT2D eigenvalue weighted by Crippen LogP contribution is 2.18. The van der Waals surface area contributed by atoms with Crippen molar-refractivity contribution in [3.05, 3.63) is 69.9 Å². The molecule has 10 heteroatoms. The van der Waals surface area contributed by atoms with Gasteiger partial charge in [-0.2, -0.15) is 0 Å². The SMILES string of the molecule is C[C@@H](CCNC(=O)c1cccc(NC(=O)c2nnc(COc3ccc(F)cc3)s2)c1)N1CCCC1. The van der Waals surface area contributed by atoms with Crippen molar-refractivity contribution >= 4 is 28.8 Å². The summed E-state index contributed by atoms with van der Waals surface area (Å²) < 4.78 is 18.5. The fraction of sp³-hybridized carbons (Fsp3) is 0.360. The van der Waals surface area contributed by atoms with Gasteiger partial charge in [-0.1, -0.05) is 17.4 Å². The van der Waals surface area contributed by atoms with Crippen molar-refractivity contribution in [1.29, 1.82) is 0 Å². The van der Waals surface area contributed by atoms with Gasteiger partial charge in [0.15, 0.2) is 5.01 Å². The van der Waals surface area contributed by atoms with Crippen LogP contribution in [0.25, 0.3) is 0 Å². The van der Waals surface area contributed by atoms with Crippen LogP contribution < -0.4 is 15.4 Å². The van der Waals surface area contributed by atoms with Crippen LogP contribution in [0, 0.1) is 5.82 Å². The quantitative estimate of drug-likeness (QED) is 0.438. The number of halogens is 1. The minimum absolute atomic E-state index is 0.114. The molecule has 35 heavy (non-hydrogen) atoms. The first-order valence-electron chi connectivity index (χ1n) is 11.6. The molecule has 0 aliphatic carbocycles. The summed E-state index contributed by atoms with van der Waals surface area (Å²) in [7, 11) is 0. The molecule has 1 aromatic heterocycles. The van der Waals surface area contributed by atoms with E-state index in [1.165, 1.54) is 37.1 Å². The summed E-state index contributed by atoms with van der Waals surface area (Å²) in [5, 5.41) is 14.3. The van der Waals surface area contributed by atoms with E-state index < -0.39 is 5.91 Å². The van der Waals surface area contributed by atoms with Gasteiger partial charge in [0.25, 0.3) is 11.8 Å². The van der Waals surface area contributed by atoms with Crippen molar-refractivity contribution in [1.82, 2.24) is 20.4 Å². The Morgan fingerprint density at radius 3 is 2.66 bits per heavy atom. The summed E-state index contributed by atoms with van der Waals surface area (Å²) >= 11 is 1.10. The molecule has 3 aromatic rings. The molecule has 8 nitrogen and oxygen atoms in total. The van der Waals surface area contributed by atoms with Crippen LogP contribution in [-0.2, 0) is 6.61 Å². The maximum Gasteiger partial charge on any atom is 0.286 e. The second-order valence-electron chi connectivity index (χ2n) is 8.42. The second kappa shape index (κ2) is 11.9. The minimum atomic E-state index is -0.424. The smallest absolute Gasteiger partial charge is 0.286 e. The van der Waals surface area contributed by atoms with Crippen molar-refractivity contribution in [2.24, 2.45) is 0 Å². The van der Waals surface area contributed by atoms with E-state index in [0.29, 0.717) is 34.6 Å². The molecule has 4 rings (SSSR count). The lowest BCUT2D eigenvalue weighted by Gasteiger charge is -2.23. The highest BCUT2D eigenvalue weighted by Gasteiger charge is 2.18. The van der Waals surface area contributed by atoms with Gasteiger partial charge in [0.2, 0.25) is 5.01 Å². The van der Waals surface area contributed by atoms with Gasteiger partial charge in [-0.05, 0) is 81.7 Å². The first kappa shape index (κ1) is 24.7. The number of carbonyl (C=O) groups excluding carboxylic acids is 2. The van der Waals surface area contributed by atoms with Crippen molar-refractivity contribution in [3.8, 4) is 5.75 Å².